The standard InChI is InChI=1S/C21H27FN2OS/c1-16-10-13-26-20(16)21(25)23(2)14-18-4-3-11-24(15-18)12-9-17-5-7-19(22)8-6-17/h5-8,10,13,18H,3-4,9,11-12,14-15H2,1-2H3/t18-/m1/s1. The van der Waals surface area contributed by atoms with E-state index in [9.17, 15) is 9.18 Å². The molecule has 3 nitrogen and oxygen atoms in total. The normalized spacial score (nSPS) is 18.0. The van der Waals surface area contributed by atoms with Crippen LogP contribution in [-0.4, -0.2) is 48.9 Å². The van der Waals surface area contributed by atoms with Crippen LogP contribution in [0.25, 0.3) is 0 Å². The summed E-state index contributed by atoms with van der Waals surface area (Å²) < 4.78 is 13.0. The number of amides is 1. The molecule has 1 fully saturated rings. The average molecular weight is 375 g/mol. The third-order valence-electron chi connectivity index (χ3n) is 5.17. The number of carbonyl (C=O) groups is 1. The van der Waals surface area contributed by atoms with E-state index in [0.29, 0.717) is 5.92 Å². The van der Waals surface area contributed by atoms with Gasteiger partial charge in [-0.2, -0.15) is 0 Å². The second-order valence-electron chi connectivity index (χ2n) is 7.30. The summed E-state index contributed by atoms with van der Waals surface area (Å²) in [6.45, 7) is 5.93. The van der Waals surface area contributed by atoms with Gasteiger partial charge in [-0.25, -0.2) is 4.39 Å². The van der Waals surface area contributed by atoms with Crippen LogP contribution in [0.2, 0.25) is 0 Å². The molecule has 26 heavy (non-hydrogen) atoms. The van der Waals surface area contributed by atoms with Gasteiger partial charge in [0.15, 0.2) is 0 Å². The van der Waals surface area contributed by atoms with Crippen molar-refractivity contribution in [2.75, 3.05) is 33.2 Å². The maximum atomic E-state index is 13.0. The molecule has 0 bridgehead atoms. The topological polar surface area (TPSA) is 23.6 Å². The van der Waals surface area contributed by atoms with E-state index in [-0.39, 0.29) is 11.7 Å². The van der Waals surface area contributed by atoms with Crippen LogP contribution in [0, 0.1) is 18.7 Å². The Bertz CT molecular complexity index is 728. The molecule has 1 amide bonds. The predicted molar refractivity (Wildman–Crippen MR) is 105 cm³/mol. The molecule has 1 aliphatic heterocycles. The molecule has 3 rings (SSSR count). The number of piperidine rings is 1. The fraction of sp³-hybridized carbons (Fsp3) is 0.476. The zero-order chi connectivity index (χ0) is 18.5. The van der Waals surface area contributed by atoms with Gasteiger partial charge < -0.3 is 9.80 Å². The minimum Gasteiger partial charge on any atom is -0.341 e. The number of nitrogens with zero attached hydrogens (tertiary/aromatic N) is 2. The lowest BCUT2D eigenvalue weighted by molar-refractivity contribution is 0.0734. The van der Waals surface area contributed by atoms with E-state index in [0.717, 1.165) is 43.0 Å². The molecule has 1 atom stereocenters. The van der Waals surface area contributed by atoms with Gasteiger partial charge in [0.2, 0.25) is 0 Å². The van der Waals surface area contributed by atoms with Crippen molar-refractivity contribution in [3.8, 4) is 0 Å². The van der Waals surface area contributed by atoms with Crippen molar-refractivity contribution in [2.45, 2.75) is 26.2 Å². The maximum absolute atomic E-state index is 13.0. The van der Waals surface area contributed by atoms with E-state index in [4.69, 9.17) is 0 Å². The molecule has 0 radical (unpaired) electrons. The monoisotopic (exact) mass is 374 g/mol. The van der Waals surface area contributed by atoms with Crippen molar-refractivity contribution in [1.29, 1.82) is 0 Å². The summed E-state index contributed by atoms with van der Waals surface area (Å²) in [7, 11) is 1.92. The van der Waals surface area contributed by atoms with Gasteiger partial charge in [0.1, 0.15) is 5.82 Å². The molecule has 0 unspecified atom stereocenters. The van der Waals surface area contributed by atoms with Gasteiger partial charge in [0.05, 0.1) is 4.88 Å². The van der Waals surface area contributed by atoms with Crippen molar-refractivity contribution >= 4 is 17.2 Å². The first-order valence-corrected chi connectivity index (χ1v) is 10.2. The number of hydrogen-bond donors (Lipinski definition) is 0. The molecular formula is C21H27FN2OS. The Labute approximate surface area is 159 Å². The summed E-state index contributed by atoms with van der Waals surface area (Å²) in [6.07, 6.45) is 3.29. The van der Waals surface area contributed by atoms with Crippen molar-refractivity contribution in [3.05, 3.63) is 57.5 Å². The predicted octanol–water partition coefficient (Wildman–Crippen LogP) is 4.22. The fourth-order valence-electron chi connectivity index (χ4n) is 3.68. The largest absolute Gasteiger partial charge is 0.341 e. The Kier molecular flexibility index (Phi) is 6.43. The molecule has 1 aromatic carbocycles. The summed E-state index contributed by atoms with van der Waals surface area (Å²) in [5.41, 5.74) is 2.24. The SMILES string of the molecule is Cc1ccsc1C(=O)N(C)C[C@H]1CCCN(CCc2ccc(F)cc2)C1. The number of halogens is 1. The highest BCUT2D eigenvalue weighted by Crippen LogP contribution is 2.21. The first-order valence-electron chi connectivity index (χ1n) is 9.29. The van der Waals surface area contributed by atoms with E-state index < -0.39 is 0 Å². The van der Waals surface area contributed by atoms with Crippen LogP contribution in [0.4, 0.5) is 4.39 Å². The highest BCUT2D eigenvalue weighted by molar-refractivity contribution is 7.12. The van der Waals surface area contributed by atoms with Gasteiger partial charge in [-0.15, -0.1) is 11.3 Å². The second kappa shape index (κ2) is 8.78. The van der Waals surface area contributed by atoms with E-state index in [1.807, 2.05) is 42.5 Å². The van der Waals surface area contributed by atoms with Crippen molar-refractivity contribution in [2.24, 2.45) is 5.92 Å². The zero-order valence-electron chi connectivity index (χ0n) is 15.6. The molecule has 5 heteroatoms. The van der Waals surface area contributed by atoms with E-state index >= 15 is 0 Å². The molecule has 0 aliphatic carbocycles. The summed E-state index contributed by atoms with van der Waals surface area (Å²) in [4.78, 5) is 17.8. The maximum Gasteiger partial charge on any atom is 0.263 e. The molecule has 1 saturated heterocycles. The van der Waals surface area contributed by atoms with Gasteiger partial charge in [-0.3, -0.25) is 4.79 Å². The lowest BCUT2D eigenvalue weighted by Crippen LogP contribution is -2.42. The fourth-order valence-corrected chi connectivity index (χ4v) is 4.60. The van der Waals surface area contributed by atoms with E-state index in [2.05, 4.69) is 4.90 Å². The van der Waals surface area contributed by atoms with Gasteiger partial charge >= 0.3 is 0 Å². The number of rotatable bonds is 6. The van der Waals surface area contributed by atoms with Crippen molar-refractivity contribution < 1.29 is 9.18 Å². The van der Waals surface area contributed by atoms with Gasteiger partial charge in [0, 0.05) is 26.7 Å². The third kappa shape index (κ3) is 4.92. The highest BCUT2D eigenvalue weighted by atomic mass is 32.1. The zero-order valence-corrected chi connectivity index (χ0v) is 16.4. The smallest absolute Gasteiger partial charge is 0.263 e. The lowest BCUT2D eigenvalue weighted by Gasteiger charge is -2.34. The Morgan fingerprint density at radius 3 is 2.77 bits per heavy atom. The first kappa shape index (κ1) is 19.1. The summed E-state index contributed by atoms with van der Waals surface area (Å²) in [5, 5.41) is 1.98. The Balaban J connectivity index is 1.49. The van der Waals surface area contributed by atoms with Gasteiger partial charge in [-0.05, 0) is 73.4 Å². The van der Waals surface area contributed by atoms with Crippen LogP contribution in [0.3, 0.4) is 0 Å². The third-order valence-corrected chi connectivity index (χ3v) is 6.17. The lowest BCUT2D eigenvalue weighted by atomic mass is 9.97. The van der Waals surface area contributed by atoms with Gasteiger partial charge in [-0.1, -0.05) is 12.1 Å². The molecule has 0 spiro atoms. The van der Waals surface area contributed by atoms with Crippen LogP contribution in [0.1, 0.15) is 33.6 Å². The Morgan fingerprint density at radius 1 is 1.31 bits per heavy atom. The minimum atomic E-state index is -0.180. The number of likely N-dealkylation sites (tertiary alicyclic amines) is 1. The average Bonchev–Trinajstić information content (AvgIpc) is 3.07. The number of aryl methyl sites for hydroxylation is 1. The van der Waals surface area contributed by atoms with Crippen molar-refractivity contribution in [3.63, 3.8) is 0 Å². The second-order valence-corrected chi connectivity index (χ2v) is 8.22. The Hall–Kier alpha value is -1.72. The number of thiophene rings is 1. The van der Waals surface area contributed by atoms with Crippen LogP contribution >= 0.6 is 11.3 Å². The van der Waals surface area contributed by atoms with Gasteiger partial charge in [0.25, 0.3) is 5.91 Å². The number of benzene rings is 1. The van der Waals surface area contributed by atoms with Crippen LogP contribution in [0.15, 0.2) is 35.7 Å². The van der Waals surface area contributed by atoms with Crippen molar-refractivity contribution in [1.82, 2.24) is 9.80 Å². The van der Waals surface area contributed by atoms with Crippen LogP contribution in [0.5, 0.6) is 0 Å². The molecule has 0 N–H and O–H groups in total. The molecule has 0 saturated carbocycles. The van der Waals surface area contributed by atoms with Crippen LogP contribution in [-0.2, 0) is 6.42 Å². The van der Waals surface area contributed by atoms with E-state index in [1.165, 1.54) is 41.9 Å². The number of hydrogen-bond acceptors (Lipinski definition) is 3. The van der Waals surface area contributed by atoms with E-state index in [1.54, 1.807) is 0 Å². The molecule has 140 valence electrons. The molecule has 1 aromatic heterocycles. The number of carbonyl (C=O) groups excluding carboxylic acids is 1. The Morgan fingerprint density at radius 2 is 2.08 bits per heavy atom. The van der Waals surface area contributed by atoms with Crippen LogP contribution < -0.4 is 0 Å². The molecule has 2 heterocycles. The first-order chi connectivity index (χ1) is 12.5. The molecule has 2 aromatic rings. The highest BCUT2D eigenvalue weighted by Gasteiger charge is 2.24. The summed E-state index contributed by atoms with van der Waals surface area (Å²) in [6, 6.07) is 8.80. The quantitative estimate of drug-likeness (QED) is 0.756. The summed E-state index contributed by atoms with van der Waals surface area (Å²) >= 11 is 1.53. The summed E-state index contributed by atoms with van der Waals surface area (Å²) in [5.74, 6) is 0.479. The molecular weight excluding hydrogens is 347 g/mol. The molecule has 1 aliphatic rings. The minimum absolute atomic E-state index is 0.140.